The maximum atomic E-state index is 12.6. The molecule has 2 N–H and O–H groups in total. The zero-order valence-electron chi connectivity index (χ0n) is 14.9. The average molecular weight is 343 g/mol. The van der Waals surface area contributed by atoms with E-state index in [1.54, 1.807) is 6.20 Å². The van der Waals surface area contributed by atoms with Crippen LogP contribution >= 0.6 is 0 Å². The van der Waals surface area contributed by atoms with Gasteiger partial charge in [-0.25, -0.2) is 0 Å². The maximum absolute atomic E-state index is 12.6. The molecule has 6 nitrogen and oxygen atoms in total. The molecule has 4 rings (SSSR count). The fourth-order valence-electron chi connectivity index (χ4n) is 4.62. The number of nitrogens with one attached hydrogen (secondary N) is 2. The fraction of sp³-hybridized carbons (Fsp3) is 0.684. The van der Waals surface area contributed by atoms with Crippen LogP contribution in [0.2, 0.25) is 0 Å². The molecule has 1 saturated carbocycles. The minimum absolute atomic E-state index is 0.312. The molecule has 25 heavy (non-hydrogen) atoms. The molecule has 2 saturated heterocycles. The molecular formula is C19H29N5O. The first-order chi connectivity index (χ1) is 12.3. The molecule has 0 bridgehead atoms. The lowest BCUT2D eigenvalue weighted by Gasteiger charge is -2.36. The molecule has 3 atom stereocenters. The SMILES string of the molecule is O=C(CCC1NNC2CCCCC21)N1CCN(c2cccnc2)CC1. The largest absolute Gasteiger partial charge is 0.367 e. The van der Waals surface area contributed by atoms with Crippen molar-refractivity contribution in [1.82, 2.24) is 20.7 Å². The first kappa shape index (κ1) is 16.8. The van der Waals surface area contributed by atoms with E-state index >= 15 is 0 Å². The first-order valence-electron chi connectivity index (χ1n) is 9.75. The van der Waals surface area contributed by atoms with Crippen molar-refractivity contribution in [1.29, 1.82) is 0 Å². The molecule has 1 aliphatic carbocycles. The van der Waals surface area contributed by atoms with Crippen molar-refractivity contribution in [2.75, 3.05) is 31.1 Å². The lowest BCUT2D eigenvalue weighted by atomic mass is 9.80. The van der Waals surface area contributed by atoms with Crippen molar-refractivity contribution in [3.8, 4) is 0 Å². The lowest BCUT2D eigenvalue weighted by Crippen LogP contribution is -2.49. The Kier molecular flexibility index (Phi) is 5.17. The van der Waals surface area contributed by atoms with Gasteiger partial charge in [0.1, 0.15) is 0 Å². The molecule has 0 spiro atoms. The monoisotopic (exact) mass is 343 g/mol. The van der Waals surface area contributed by atoms with E-state index in [1.165, 1.54) is 25.7 Å². The minimum atomic E-state index is 0.312. The highest BCUT2D eigenvalue weighted by Crippen LogP contribution is 2.31. The summed E-state index contributed by atoms with van der Waals surface area (Å²) in [6.07, 6.45) is 10.6. The Bertz CT molecular complexity index is 572. The third kappa shape index (κ3) is 3.80. The van der Waals surface area contributed by atoms with Gasteiger partial charge in [0, 0.05) is 50.9 Å². The number of carbonyl (C=O) groups excluding carboxylic acids is 1. The van der Waals surface area contributed by atoms with Crippen molar-refractivity contribution in [2.24, 2.45) is 5.92 Å². The Morgan fingerprint density at radius 3 is 2.80 bits per heavy atom. The highest BCUT2D eigenvalue weighted by atomic mass is 16.2. The number of carbonyl (C=O) groups is 1. The standard InChI is InChI=1S/C19H29N5O/c25-19(8-7-18-16-5-1-2-6-17(16)21-22-18)24-12-10-23(11-13-24)15-4-3-9-20-14-15/h3-4,9,14,16-18,21-22H,1-2,5-8,10-13H2. The summed E-state index contributed by atoms with van der Waals surface area (Å²) < 4.78 is 0. The summed E-state index contributed by atoms with van der Waals surface area (Å²) in [5.74, 6) is 1.02. The highest BCUT2D eigenvalue weighted by molar-refractivity contribution is 5.76. The molecular weight excluding hydrogens is 314 g/mol. The van der Waals surface area contributed by atoms with E-state index in [0.29, 0.717) is 30.3 Å². The molecule has 136 valence electrons. The van der Waals surface area contributed by atoms with Gasteiger partial charge in [-0.1, -0.05) is 12.8 Å². The van der Waals surface area contributed by atoms with Gasteiger partial charge in [0.25, 0.3) is 0 Å². The van der Waals surface area contributed by atoms with Crippen molar-refractivity contribution in [3.05, 3.63) is 24.5 Å². The van der Waals surface area contributed by atoms with Crippen LogP contribution in [0.4, 0.5) is 5.69 Å². The summed E-state index contributed by atoms with van der Waals surface area (Å²) in [7, 11) is 0. The Morgan fingerprint density at radius 2 is 2.00 bits per heavy atom. The highest BCUT2D eigenvalue weighted by Gasteiger charge is 2.37. The van der Waals surface area contributed by atoms with Crippen LogP contribution in [0, 0.1) is 5.92 Å². The van der Waals surface area contributed by atoms with Gasteiger partial charge in [-0.15, -0.1) is 0 Å². The minimum Gasteiger partial charge on any atom is -0.367 e. The molecule has 0 aromatic carbocycles. The number of aromatic nitrogens is 1. The van der Waals surface area contributed by atoms with Gasteiger partial charge < -0.3 is 9.80 Å². The third-order valence-electron chi connectivity index (χ3n) is 6.10. The van der Waals surface area contributed by atoms with E-state index in [0.717, 1.165) is 38.3 Å². The molecule has 3 aliphatic rings. The number of hydrazine groups is 1. The predicted molar refractivity (Wildman–Crippen MR) is 98.1 cm³/mol. The normalized spacial score (nSPS) is 29.5. The molecule has 0 radical (unpaired) electrons. The predicted octanol–water partition coefficient (Wildman–Crippen LogP) is 1.55. The van der Waals surface area contributed by atoms with Gasteiger partial charge in [0.15, 0.2) is 0 Å². The molecule has 3 fully saturated rings. The Balaban J connectivity index is 1.23. The third-order valence-corrected chi connectivity index (χ3v) is 6.10. The summed E-state index contributed by atoms with van der Waals surface area (Å²) in [4.78, 5) is 21.1. The van der Waals surface area contributed by atoms with Crippen LogP contribution < -0.4 is 15.8 Å². The van der Waals surface area contributed by atoms with Crippen LogP contribution in [0.3, 0.4) is 0 Å². The summed E-state index contributed by atoms with van der Waals surface area (Å²) in [6, 6.07) is 5.14. The van der Waals surface area contributed by atoms with Gasteiger partial charge in [-0.2, -0.15) is 0 Å². The number of fused-ring (bicyclic) bond motifs is 1. The van der Waals surface area contributed by atoms with E-state index in [-0.39, 0.29) is 0 Å². The number of anilines is 1. The Hall–Kier alpha value is -1.66. The number of pyridine rings is 1. The van der Waals surface area contributed by atoms with E-state index in [2.05, 4.69) is 26.8 Å². The topological polar surface area (TPSA) is 60.5 Å². The van der Waals surface area contributed by atoms with Crippen molar-refractivity contribution >= 4 is 11.6 Å². The zero-order valence-corrected chi connectivity index (χ0v) is 14.9. The lowest BCUT2D eigenvalue weighted by molar-refractivity contribution is -0.131. The summed E-state index contributed by atoms with van der Waals surface area (Å²) in [5, 5.41) is 0. The van der Waals surface area contributed by atoms with Gasteiger partial charge in [0.05, 0.1) is 11.9 Å². The molecule has 6 heteroatoms. The van der Waals surface area contributed by atoms with E-state index in [4.69, 9.17) is 0 Å². The van der Waals surface area contributed by atoms with Gasteiger partial charge >= 0.3 is 0 Å². The number of amides is 1. The Labute approximate surface area is 149 Å². The number of nitrogens with zero attached hydrogens (tertiary/aromatic N) is 3. The zero-order chi connectivity index (χ0) is 17.1. The van der Waals surface area contributed by atoms with Crippen LogP contribution in [0.1, 0.15) is 38.5 Å². The van der Waals surface area contributed by atoms with E-state index in [1.807, 2.05) is 17.2 Å². The van der Waals surface area contributed by atoms with Gasteiger partial charge in [-0.05, 0) is 37.3 Å². The van der Waals surface area contributed by atoms with Crippen LogP contribution in [0.15, 0.2) is 24.5 Å². The smallest absolute Gasteiger partial charge is 0.222 e. The second kappa shape index (κ2) is 7.70. The molecule has 1 aromatic rings. The quantitative estimate of drug-likeness (QED) is 0.869. The summed E-state index contributed by atoms with van der Waals surface area (Å²) in [6.45, 7) is 3.42. The van der Waals surface area contributed by atoms with Crippen LogP contribution in [0.25, 0.3) is 0 Å². The molecule has 3 heterocycles. The van der Waals surface area contributed by atoms with Crippen LogP contribution in [-0.4, -0.2) is 54.1 Å². The molecule has 3 unspecified atom stereocenters. The van der Waals surface area contributed by atoms with E-state index in [9.17, 15) is 4.79 Å². The van der Waals surface area contributed by atoms with Gasteiger partial charge in [0.2, 0.25) is 5.91 Å². The Morgan fingerprint density at radius 1 is 1.16 bits per heavy atom. The number of hydrogen-bond acceptors (Lipinski definition) is 5. The summed E-state index contributed by atoms with van der Waals surface area (Å²) >= 11 is 0. The number of hydrogen-bond donors (Lipinski definition) is 2. The first-order valence-corrected chi connectivity index (χ1v) is 9.75. The van der Waals surface area contributed by atoms with Crippen molar-refractivity contribution < 1.29 is 4.79 Å². The maximum Gasteiger partial charge on any atom is 0.222 e. The summed E-state index contributed by atoms with van der Waals surface area (Å²) in [5.41, 5.74) is 8.05. The molecule has 2 aliphatic heterocycles. The number of piperazine rings is 1. The fourth-order valence-corrected chi connectivity index (χ4v) is 4.62. The van der Waals surface area contributed by atoms with Crippen LogP contribution in [0.5, 0.6) is 0 Å². The molecule has 1 amide bonds. The van der Waals surface area contributed by atoms with Crippen molar-refractivity contribution in [2.45, 2.75) is 50.6 Å². The second-order valence-corrected chi connectivity index (χ2v) is 7.57. The van der Waals surface area contributed by atoms with Crippen LogP contribution in [-0.2, 0) is 4.79 Å². The van der Waals surface area contributed by atoms with Gasteiger partial charge in [-0.3, -0.25) is 20.6 Å². The average Bonchev–Trinajstić information content (AvgIpc) is 3.10. The second-order valence-electron chi connectivity index (χ2n) is 7.57. The number of rotatable bonds is 4. The van der Waals surface area contributed by atoms with E-state index < -0.39 is 0 Å². The molecule has 1 aromatic heterocycles. The van der Waals surface area contributed by atoms with Crippen molar-refractivity contribution in [3.63, 3.8) is 0 Å².